The van der Waals surface area contributed by atoms with Crippen LogP contribution in [0.25, 0.3) is 0 Å². The summed E-state index contributed by atoms with van der Waals surface area (Å²) >= 11 is 5.45. The Hall–Kier alpha value is -2.10. The number of aliphatic hydroxyl groups excluding tert-OH is 1. The van der Waals surface area contributed by atoms with Crippen molar-refractivity contribution in [2.75, 3.05) is 24.6 Å². The number of halogens is 1. The van der Waals surface area contributed by atoms with Gasteiger partial charge >= 0.3 is 0 Å². The van der Waals surface area contributed by atoms with Crippen molar-refractivity contribution >= 4 is 51.1 Å². The van der Waals surface area contributed by atoms with Gasteiger partial charge in [-0.25, -0.2) is 0 Å². The van der Waals surface area contributed by atoms with Gasteiger partial charge in [0.2, 0.25) is 17.7 Å². The molecule has 3 unspecified atom stereocenters. The molecule has 0 aromatic heterocycles. The average molecular weight is 605 g/mol. The minimum atomic E-state index is -0.767. The molecule has 3 heterocycles. The minimum Gasteiger partial charge on any atom is -0.394 e. The molecule has 4 rings (SSSR count). The van der Waals surface area contributed by atoms with E-state index in [-0.39, 0.29) is 40.4 Å². The van der Waals surface area contributed by atoms with Gasteiger partial charge in [0.25, 0.3) is 0 Å². The molecule has 1 N–H and O–H groups in total. The fraction of sp³-hybridized carbons (Fsp3) is 0.552. The van der Waals surface area contributed by atoms with E-state index in [2.05, 4.69) is 29.1 Å². The molecule has 0 aliphatic carbocycles. The monoisotopic (exact) mass is 603 g/mol. The number of carbonyl (C=O) groups excluding carboxylic acids is 3. The van der Waals surface area contributed by atoms with Crippen molar-refractivity contribution in [3.8, 4) is 0 Å². The first kappa shape index (κ1) is 28.9. The van der Waals surface area contributed by atoms with E-state index in [4.69, 9.17) is 0 Å². The van der Waals surface area contributed by atoms with Gasteiger partial charge in [0, 0.05) is 34.9 Å². The third kappa shape index (κ3) is 4.54. The molecular formula is C29H38BrN3O4S. The van der Waals surface area contributed by atoms with Crippen molar-refractivity contribution in [3.05, 3.63) is 55.6 Å². The van der Waals surface area contributed by atoms with E-state index in [1.165, 1.54) is 0 Å². The zero-order valence-electron chi connectivity index (χ0n) is 22.3. The van der Waals surface area contributed by atoms with Crippen LogP contribution in [-0.2, 0) is 14.4 Å². The number of nitrogens with zero attached hydrogens (tertiary/aromatic N) is 3. The van der Waals surface area contributed by atoms with Crippen molar-refractivity contribution in [1.82, 2.24) is 9.80 Å². The number of likely N-dealkylation sites (tertiary alicyclic amines) is 1. The number of aliphatic hydroxyl groups is 1. The molecule has 7 atom stereocenters. The van der Waals surface area contributed by atoms with E-state index in [9.17, 15) is 19.5 Å². The molecule has 0 saturated carbocycles. The lowest BCUT2D eigenvalue weighted by atomic mass is 9.70. The van der Waals surface area contributed by atoms with E-state index in [1.807, 2.05) is 51.1 Å². The van der Waals surface area contributed by atoms with Crippen LogP contribution in [0.5, 0.6) is 0 Å². The first-order valence-corrected chi connectivity index (χ1v) is 15.1. The maximum absolute atomic E-state index is 14.3. The van der Waals surface area contributed by atoms with E-state index < -0.39 is 28.7 Å². The quantitative estimate of drug-likeness (QED) is 0.307. The Balaban J connectivity index is 1.83. The summed E-state index contributed by atoms with van der Waals surface area (Å²) in [4.78, 5) is 48.0. The van der Waals surface area contributed by atoms with Crippen molar-refractivity contribution in [2.24, 2.45) is 11.8 Å². The van der Waals surface area contributed by atoms with Crippen LogP contribution in [-0.4, -0.2) is 85.3 Å². The highest BCUT2D eigenvalue weighted by Gasteiger charge is 2.76. The summed E-state index contributed by atoms with van der Waals surface area (Å²) in [5.41, 5.74) is 0.749. The maximum atomic E-state index is 14.3. The standard InChI is InChI=1S/C29H38BrN3O4S/c1-6-14-31(18(4)5)28(37)25-29-16-21(30)24(38-29)22(23(29)27(36)33(25)19(8-3)17-34)26(35)32(15-7-2)20-12-10-9-11-13-20/h6-7,9-13,18-19,21-25,34H,1-2,8,14-17H2,3-5H3/t19-,21?,22-,23-,24-,25?,29?/m0/s1. The van der Waals surface area contributed by atoms with Crippen molar-refractivity contribution in [1.29, 1.82) is 0 Å². The molecule has 1 spiro atoms. The largest absolute Gasteiger partial charge is 0.394 e. The molecule has 3 aliphatic heterocycles. The molecule has 3 aliphatic rings. The predicted molar refractivity (Wildman–Crippen MR) is 156 cm³/mol. The average Bonchev–Trinajstić information content (AvgIpc) is 3.50. The summed E-state index contributed by atoms with van der Waals surface area (Å²) in [7, 11) is 0. The van der Waals surface area contributed by atoms with Gasteiger partial charge in [0.15, 0.2) is 0 Å². The Kier molecular flexibility index (Phi) is 8.79. The highest BCUT2D eigenvalue weighted by molar-refractivity contribution is 9.09. The summed E-state index contributed by atoms with van der Waals surface area (Å²) in [5, 5.41) is 10.1. The van der Waals surface area contributed by atoms with Crippen LogP contribution in [0.1, 0.15) is 33.6 Å². The van der Waals surface area contributed by atoms with Crippen molar-refractivity contribution in [3.63, 3.8) is 0 Å². The Labute approximate surface area is 238 Å². The highest BCUT2D eigenvalue weighted by atomic mass is 79.9. The zero-order valence-corrected chi connectivity index (χ0v) is 24.7. The van der Waals surface area contributed by atoms with E-state index in [0.717, 1.165) is 5.69 Å². The van der Waals surface area contributed by atoms with E-state index in [1.54, 1.807) is 38.6 Å². The number of hydrogen-bond acceptors (Lipinski definition) is 5. The second kappa shape index (κ2) is 11.6. The highest BCUT2D eigenvalue weighted by Crippen LogP contribution is 2.68. The predicted octanol–water partition coefficient (Wildman–Crippen LogP) is 3.86. The molecule has 3 amide bonds. The van der Waals surface area contributed by atoms with Crippen LogP contribution in [0.2, 0.25) is 0 Å². The normalized spacial score (nSPS) is 30.3. The van der Waals surface area contributed by atoms with Crippen LogP contribution in [0.3, 0.4) is 0 Å². The molecule has 1 aromatic rings. The van der Waals surface area contributed by atoms with Gasteiger partial charge in [-0.15, -0.1) is 24.9 Å². The lowest BCUT2D eigenvalue weighted by molar-refractivity contribution is -0.146. The SMILES string of the molecule is C=CCN(C(=O)[C@H]1[C@H]2C(=O)N([C@@H](CC)CO)C(C(=O)N(CC=C)C(C)C)C23CC(Br)[C@@H]1S3)c1ccccc1. The minimum absolute atomic E-state index is 0.0248. The lowest BCUT2D eigenvalue weighted by Gasteiger charge is -2.41. The fourth-order valence-electron chi connectivity index (χ4n) is 6.53. The first-order valence-electron chi connectivity index (χ1n) is 13.3. The molecule has 3 saturated heterocycles. The Morgan fingerprint density at radius 2 is 1.87 bits per heavy atom. The van der Waals surface area contributed by atoms with Crippen LogP contribution >= 0.6 is 27.7 Å². The van der Waals surface area contributed by atoms with Gasteiger partial charge in [-0.3, -0.25) is 14.4 Å². The number of rotatable bonds is 11. The topological polar surface area (TPSA) is 81.2 Å². The number of alkyl halides is 1. The third-order valence-electron chi connectivity index (χ3n) is 8.20. The van der Waals surface area contributed by atoms with E-state index >= 15 is 0 Å². The van der Waals surface area contributed by atoms with Gasteiger partial charge in [-0.05, 0) is 38.8 Å². The molecule has 9 heteroatoms. The van der Waals surface area contributed by atoms with Gasteiger partial charge in [-0.2, -0.15) is 0 Å². The second-order valence-electron chi connectivity index (χ2n) is 10.6. The Bertz CT molecular complexity index is 1080. The number of amides is 3. The summed E-state index contributed by atoms with van der Waals surface area (Å²) in [6.07, 6.45) is 4.50. The summed E-state index contributed by atoms with van der Waals surface area (Å²) in [6.45, 7) is 13.9. The van der Waals surface area contributed by atoms with Crippen LogP contribution in [0.15, 0.2) is 55.6 Å². The lowest BCUT2D eigenvalue weighted by Crippen LogP contribution is -2.58. The number of para-hydroxylation sites is 1. The van der Waals surface area contributed by atoms with Gasteiger partial charge < -0.3 is 19.8 Å². The van der Waals surface area contributed by atoms with Crippen LogP contribution < -0.4 is 4.90 Å². The number of carbonyl (C=O) groups is 3. The molecular weight excluding hydrogens is 566 g/mol. The van der Waals surface area contributed by atoms with Gasteiger partial charge in [0.1, 0.15) is 6.04 Å². The third-order valence-corrected chi connectivity index (χ3v) is 11.4. The fourth-order valence-corrected chi connectivity index (χ4v) is 10.1. The molecule has 206 valence electrons. The Morgan fingerprint density at radius 3 is 2.42 bits per heavy atom. The Morgan fingerprint density at radius 1 is 1.21 bits per heavy atom. The molecule has 7 nitrogen and oxygen atoms in total. The number of thioether (sulfide) groups is 1. The molecule has 1 aromatic carbocycles. The summed E-state index contributed by atoms with van der Waals surface area (Å²) in [6, 6.07) is 8.06. The summed E-state index contributed by atoms with van der Waals surface area (Å²) < 4.78 is -0.763. The molecule has 0 radical (unpaired) electrons. The summed E-state index contributed by atoms with van der Waals surface area (Å²) in [5.74, 6) is -1.73. The number of anilines is 1. The van der Waals surface area contributed by atoms with Gasteiger partial charge in [-0.1, -0.05) is 53.2 Å². The first-order chi connectivity index (χ1) is 18.2. The maximum Gasteiger partial charge on any atom is 0.247 e. The smallest absolute Gasteiger partial charge is 0.247 e. The van der Waals surface area contributed by atoms with Crippen LogP contribution in [0, 0.1) is 11.8 Å². The molecule has 2 bridgehead atoms. The molecule has 38 heavy (non-hydrogen) atoms. The molecule has 3 fully saturated rings. The van der Waals surface area contributed by atoms with Crippen molar-refractivity contribution in [2.45, 2.75) is 66.6 Å². The number of benzene rings is 1. The van der Waals surface area contributed by atoms with E-state index in [0.29, 0.717) is 25.9 Å². The van der Waals surface area contributed by atoms with Gasteiger partial charge in [0.05, 0.1) is 29.2 Å². The van der Waals surface area contributed by atoms with Crippen LogP contribution in [0.4, 0.5) is 5.69 Å². The zero-order chi connectivity index (χ0) is 27.8. The number of hydrogen-bond donors (Lipinski definition) is 1. The second-order valence-corrected chi connectivity index (χ2v) is 13.3. The van der Waals surface area contributed by atoms with Crippen molar-refractivity contribution < 1.29 is 19.5 Å². The number of fused-ring (bicyclic) bond motifs is 1.